The van der Waals surface area contributed by atoms with Gasteiger partial charge >= 0.3 is 0 Å². The van der Waals surface area contributed by atoms with E-state index in [-0.39, 0.29) is 36.2 Å². The van der Waals surface area contributed by atoms with Gasteiger partial charge in [0.2, 0.25) is 5.91 Å². The van der Waals surface area contributed by atoms with Crippen molar-refractivity contribution in [3.63, 3.8) is 0 Å². The molecule has 9 nitrogen and oxygen atoms in total. The van der Waals surface area contributed by atoms with Crippen molar-refractivity contribution >= 4 is 18.3 Å². The molecule has 1 fully saturated rings. The Labute approximate surface area is 191 Å². The van der Waals surface area contributed by atoms with Gasteiger partial charge in [-0.2, -0.15) is 5.26 Å². The number of carbonyl (C=O) groups excluding carboxylic acids is 2. The molecule has 3 rings (SSSR count). The number of amides is 2. The molecular weight excluding hydrogens is 429 g/mol. The van der Waals surface area contributed by atoms with Crippen LogP contribution in [-0.2, 0) is 16.0 Å². The Morgan fingerprint density at radius 3 is 2.70 bits per heavy atom. The number of hydrogen-bond donors (Lipinski definition) is 4. The van der Waals surface area contributed by atoms with E-state index >= 15 is 0 Å². The Balaban J connectivity index is 0.00000122. The smallest absolute Gasteiger partial charge is 0.290 e. The van der Waals surface area contributed by atoms with Gasteiger partial charge in [0, 0.05) is 37.8 Å². The fourth-order valence-corrected chi connectivity index (χ4v) is 3.80. The molecule has 2 atom stereocenters. The summed E-state index contributed by atoms with van der Waals surface area (Å²) in [5.74, 6) is -0.543. The first-order valence-electron chi connectivity index (χ1n) is 10.6. The van der Waals surface area contributed by atoms with Crippen molar-refractivity contribution in [2.75, 3.05) is 20.1 Å². The van der Waals surface area contributed by atoms with Gasteiger partial charge in [-0.25, -0.2) is 4.39 Å². The lowest BCUT2D eigenvalue weighted by Gasteiger charge is -2.25. The zero-order valence-electron chi connectivity index (χ0n) is 18.4. The molecule has 2 aromatic rings. The highest BCUT2D eigenvalue weighted by Gasteiger charge is 2.31. The maximum Gasteiger partial charge on any atom is 0.290 e. The van der Waals surface area contributed by atoms with E-state index in [1.807, 2.05) is 19.2 Å². The number of benzene rings is 1. The van der Waals surface area contributed by atoms with Gasteiger partial charge in [0.15, 0.2) is 0 Å². The Kier molecular flexibility index (Phi) is 10.0. The third kappa shape index (κ3) is 8.05. The summed E-state index contributed by atoms with van der Waals surface area (Å²) in [4.78, 5) is 37.8. The number of likely N-dealkylation sites (N-methyl/N-ethyl adjacent to an activating group) is 1. The van der Waals surface area contributed by atoms with Gasteiger partial charge in [0.1, 0.15) is 17.6 Å². The van der Waals surface area contributed by atoms with Crippen molar-refractivity contribution in [1.29, 1.82) is 5.26 Å². The number of aromatic amines is 1. The maximum atomic E-state index is 13.2. The van der Waals surface area contributed by atoms with Gasteiger partial charge in [-0.05, 0) is 50.1 Å². The summed E-state index contributed by atoms with van der Waals surface area (Å²) >= 11 is 0. The second-order valence-electron chi connectivity index (χ2n) is 7.71. The first kappa shape index (κ1) is 25.5. The van der Waals surface area contributed by atoms with Crippen LogP contribution >= 0.6 is 0 Å². The van der Waals surface area contributed by atoms with Gasteiger partial charge in [-0.3, -0.25) is 19.3 Å². The van der Waals surface area contributed by atoms with Crippen LogP contribution in [0.4, 0.5) is 4.39 Å². The van der Waals surface area contributed by atoms with Crippen LogP contribution < -0.4 is 10.6 Å². The first-order valence-corrected chi connectivity index (χ1v) is 10.6. The summed E-state index contributed by atoms with van der Waals surface area (Å²) in [5.41, 5.74) is 1.64. The van der Waals surface area contributed by atoms with Crippen LogP contribution in [0, 0.1) is 17.1 Å². The van der Waals surface area contributed by atoms with Crippen LogP contribution in [0.2, 0.25) is 0 Å². The lowest BCUT2D eigenvalue weighted by atomic mass is 10.1. The normalized spacial score (nSPS) is 17.4. The Hall–Kier alpha value is -3.71. The number of halogens is 1. The molecule has 0 bridgehead atoms. The van der Waals surface area contributed by atoms with Crippen molar-refractivity contribution in [2.45, 2.75) is 37.8 Å². The summed E-state index contributed by atoms with van der Waals surface area (Å²) in [6.07, 6.45) is 4.26. The van der Waals surface area contributed by atoms with Crippen molar-refractivity contribution in [3.8, 4) is 6.07 Å². The standard InChI is InChI=1S/C22H26FN5O2.CH2O2/c1-28-18(11-21(29)25-8-7-15-3-2-4-17(23)9-15)5-6-19(28)14-27-22(30)20-10-16(12-24)13-26-20;2-1-3/h2-4,9-10,13,18-19,26H,5-8,11,14H2,1H3,(H,25,29)(H,27,30);1H,(H,2,3)/t18-,19+;/m1./s1. The van der Waals surface area contributed by atoms with Crippen molar-refractivity contribution in [1.82, 2.24) is 20.5 Å². The molecular formula is C23H28FN5O4. The lowest BCUT2D eigenvalue weighted by molar-refractivity contribution is -0.123. The molecule has 176 valence electrons. The van der Waals surface area contributed by atoms with E-state index in [1.54, 1.807) is 6.07 Å². The molecule has 2 heterocycles. The zero-order valence-corrected chi connectivity index (χ0v) is 18.4. The molecule has 10 heteroatoms. The molecule has 4 N–H and O–H groups in total. The molecule has 0 unspecified atom stereocenters. The number of hydrogen-bond acceptors (Lipinski definition) is 5. The Morgan fingerprint density at radius 1 is 1.30 bits per heavy atom. The topological polar surface area (TPSA) is 138 Å². The summed E-state index contributed by atoms with van der Waals surface area (Å²) < 4.78 is 13.2. The molecule has 0 saturated carbocycles. The van der Waals surface area contributed by atoms with E-state index in [2.05, 4.69) is 20.5 Å². The predicted molar refractivity (Wildman–Crippen MR) is 119 cm³/mol. The molecule has 1 aliphatic rings. The van der Waals surface area contributed by atoms with Crippen molar-refractivity contribution in [2.24, 2.45) is 0 Å². The SMILES string of the molecule is CN1[C@@H](CC(=O)NCCc2cccc(F)c2)CC[C@H]1CNC(=O)c1cc(C#N)c[nH]1.O=CO. The fourth-order valence-electron chi connectivity index (χ4n) is 3.80. The van der Waals surface area contributed by atoms with E-state index in [1.165, 1.54) is 24.4 Å². The molecule has 0 radical (unpaired) electrons. The number of rotatable bonds is 8. The number of nitrogens with zero attached hydrogens (tertiary/aromatic N) is 2. The van der Waals surface area contributed by atoms with E-state index in [0.29, 0.717) is 37.2 Å². The van der Waals surface area contributed by atoms with Crippen LogP contribution in [0.5, 0.6) is 0 Å². The summed E-state index contributed by atoms with van der Waals surface area (Å²) in [6.45, 7) is 0.701. The molecule has 1 aromatic heterocycles. The van der Waals surface area contributed by atoms with Gasteiger partial charge in [-0.1, -0.05) is 12.1 Å². The minimum Gasteiger partial charge on any atom is -0.483 e. The van der Waals surface area contributed by atoms with Gasteiger partial charge < -0.3 is 20.7 Å². The van der Waals surface area contributed by atoms with E-state index in [9.17, 15) is 14.0 Å². The number of nitrogens with one attached hydrogen (secondary N) is 3. The predicted octanol–water partition coefficient (Wildman–Crippen LogP) is 1.67. The quantitative estimate of drug-likeness (QED) is 0.445. The lowest BCUT2D eigenvalue weighted by Crippen LogP contribution is -2.42. The van der Waals surface area contributed by atoms with Crippen LogP contribution in [0.25, 0.3) is 0 Å². The second kappa shape index (κ2) is 13.0. The number of nitriles is 1. The summed E-state index contributed by atoms with van der Waals surface area (Å²) in [7, 11) is 1.97. The maximum absolute atomic E-state index is 13.2. The molecule has 2 amide bonds. The molecule has 1 saturated heterocycles. The Bertz CT molecular complexity index is 987. The van der Waals surface area contributed by atoms with E-state index in [0.717, 1.165) is 18.4 Å². The molecule has 1 aliphatic heterocycles. The summed E-state index contributed by atoms with van der Waals surface area (Å²) in [5, 5.41) is 21.5. The van der Waals surface area contributed by atoms with Crippen molar-refractivity contribution in [3.05, 3.63) is 59.2 Å². The third-order valence-electron chi connectivity index (χ3n) is 5.59. The van der Waals surface area contributed by atoms with Gasteiger partial charge in [0.25, 0.3) is 12.4 Å². The van der Waals surface area contributed by atoms with Crippen LogP contribution in [0.3, 0.4) is 0 Å². The number of likely N-dealkylation sites (tertiary alicyclic amines) is 1. The minimum atomic E-state index is -0.272. The first-order chi connectivity index (χ1) is 15.9. The summed E-state index contributed by atoms with van der Waals surface area (Å²) in [6, 6.07) is 10.2. The van der Waals surface area contributed by atoms with Gasteiger partial charge in [0.05, 0.1) is 5.56 Å². The average Bonchev–Trinajstić information content (AvgIpc) is 3.40. The van der Waals surface area contributed by atoms with Crippen molar-refractivity contribution < 1.29 is 23.9 Å². The number of carboxylic acid groups (broad SMARTS) is 1. The highest BCUT2D eigenvalue weighted by molar-refractivity contribution is 5.92. The fraction of sp³-hybridized carbons (Fsp3) is 0.391. The highest BCUT2D eigenvalue weighted by Crippen LogP contribution is 2.24. The number of carbonyl (C=O) groups is 3. The van der Waals surface area contributed by atoms with Crippen LogP contribution in [-0.4, -0.2) is 65.5 Å². The van der Waals surface area contributed by atoms with Gasteiger partial charge in [-0.15, -0.1) is 0 Å². The highest BCUT2D eigenvalue weighted by atomic mass is 19.1. The van der Waals surface area contributed by atoms with Crippen LogP contribution in [0.1, 0.15) is 40.9 Å². The Morgan fingerprint density at radius 2 is 2.03 bits per heavy atom. The van der Waals surface area contributed by atoms with E-state index in [4.69, 9.17) is 15.2 Å². The minimum absolute atomic E-state index is 0.0247. The molecule has 1 aromatic carbocycles. The largest absolute Gasteiger partial charge is 0.483 e. The zero-order chi connectivity index (χ0) is 24.2. The van der Waals surface area contributed by atoms with E-state index < -0.39 is 0 Å². The molecule has 0 spiro atoms. The second-order valence-corrected chi connectivity index (χ2v) is 7.71. The third-order valence-corrected chi connectivity index (χ3v) is 5.59. The molecule has 33 heavy (non-hydrogen) atoms. The number of aromatic nitrogens is 1. The number of H-pyrrole nitrogens is 1. The average molecular weight is 458 g/mol. The monoisotopic (exact) mass is 457 g/mol. The van der Waals surface area contributed by atoms with Crippen LogP contribution in [0.15, 0.2) is 36.5 Å². The molecule has 0 aliphatic carbocycles.